The molecule has 2 rings (SSSR count). The molecule has 2 aromatic carbocycles. The molecule has 0 heterocycles. The van der Waals surface area contributed by atoms with Crippen molar-refractivity contribution < 1.29 is 8.78 Å². The molecule has 112 valence electrons. The minimum absolute atomic E-state index is 0.183. The van der Waals surface area contributed by atoms with Crippen molar-refractivity contribution in [2.45, 2.75) is 20.4 Å². The maximum absolute atomic E-state index is 13.5. The fourth-order valence-corrected chi connectivity index (χ4v) is 2.25. The van der Waals surface area contributed by atoms with Crippen molar-refractivity contribution in [2.24, 2.45) is 0 Å². The van der Waals surface area contributed by atoms with E-state index in [0.29, 0.717) is 6.54 Å². The summed E-state index contributed by atoms with van der Waals surface area (Å²) in [4.78, 5) is 2.25. The van der Waals surface area contributed by atoms with Gasteiger partial charge in [-0.25, -0.2) is 8.78 Å². The van der Waals surface area contributed by atoms with E-state index in [1.54, 1.807) is 0 Å². The van der Waals surface area contributed by atoms with E-state index in [2.05, 4.69) is 24.1 Å². The largest absolute Gasteiger partial charge is 0.379 e. The van der Waals surface area contributed by atoms with Crippen LogP contribution in [-0.2, 0) is 6.54 Å². The highest BCUT2D eigenvalue weighted by molar-refractivity contribution is 5.49. The molecule has 0 unspecified atom stereocenters. The van der Waals surface area contributed by atoms with Crippen LogP contribution in [0, 0.1) is 11.6 Å². The van der Waals surface area contributed by atoms with Crippen LogP contribution in [0.4, 0.5) is 20.2 Å². The zero-order valence-corrected chi connectivity index (χ0v) is 12.4. The third-order valence-electron chi connectivity index (χ3n) is 3.50. The topological polar surface area (TPSA) is 15.3 Å². The molecule has 0 atom stereocenters. The van der Waals surface area contributed by atoms with E-state index in [4.69, 9.17) is 0 Å². The number of halogens is 2. The van der Waals surface area contributed by atoms with Gasteiger partial charge < -0.3 is 10.2 Å². The summed E-state index contributed by atoms with van der Waals surface area (Å²) in [6.07, 6.45) is 0. The quantitative estimate of drug-likeness (QED) is 0.847. The van der Waals surface area contributed by atoms with Gasteiger partial charge in [-0.3, -0.25) is 0 Å². The molecule has 0 radical (unpaired) electrons. The lowest BCUT2D eigenvalue weighted by Gasteiger charge is -2.21. The molecule has 0 fully saturated rings. The number of benzene rings is 2. The second kappa shape index (κ2) is 7.07. The summed E-state index contributed by atoms with van der Waals surface area (Å²) in [5, 5.41) is 2.92. The number of nitrogens with zero attached hydrogens (tertiary/aromatic N) is 1. The smallest absolute Gasteiger partial charge is 0.181 e. The first-order chi connectivity index (χ1) is 10.2. The fraction of sp³-hybridized carbons (Fsp3) is 0.294. The molecular weight excluding hydrogens is 270 g/mol. The number of hydrogen-bond acceptors (Lipinski definition) is 2. The average Bonchev–Trinajstić information content (AvgIpc) is 2.51. The molecule has 0 aliphatic heterocycles. The minimum atomic E-state index is -0.836. The van der Waals surface area contributed by atoms with Crippen molar-refractivity contribution in [1.29, 1.82) is 0 Å². The van der Waals surface area contributed by atoms with E-state index in [1.807, 2.05) is 24.3 Å². The number of rotatable bonds is 6. The van der Waals surface area contributed by atoms with Crippen molar-refractivity contribution in [3.63, 3.8) is 0 Å². The summed E-state index contributed by atoms with van der Waals surface area (Å²) in [6.45, 7) is 6.61. The first-order valence-electron chi connectivity index (χ1n) is 7.17. The van der Waals surface area contributed by atoms with Crippen LogP contribution in [0.2, 0.25) is 0 Å². The summed E-state index contributed by atoms with van der Waals surface area (Å²) in [6, 6.07) is 12.2. The average molecular weight is 290 g/mol. The van der Waals surface area contributed by atoms with Crippen molar-refractivity contribution in [3.8, 4) is 0 Å². The Kier molecular flexibility index (Phi) is 5.14. The molecular formula is C17H20F2N2. The van der Waals surface area contributed by atoms with Gasteiger partial charge in [0.15, 0.2) is 11.6 Å². The van der Waals surface area contributed by atoms with Crippen LogP contribution < -0.4 is 10.2 Å². The minimum Gasteiger partial charge on any atom is -0.379 e. The molecule has 0 saturated carbocycles. The van der Waals surface area contributed by atoms with Gasteiger partial charge in [0.2, 0.25) is 0 Å². The predicted molar refractivity (Wildman–Crippen MR) is 83.7 cm³/mol. The van der Waals surface area contributed by atoms with Crippen LogP contribution in [-0.4, -0.2) is 13.1 Å². The highest BCUT2D eigenvalue weighted by Crippen LogP contribution is 2.19. The van der Waals surface area contributed by atoms with Crippen LogP contribution >= 0.6 is 0 Å². The van der Waals surface area contributed by atoms with Gasteiger partial charge in [-0.2, -0.15) is 0 Å². The van der Waals surface area contributed by atoms with Crippen molar-refractivity contribution >= 4 is 11.4 Å². The van der Waals surface area contributed by atoms with Crippen molar-refractivity contribution in [3.05, 3.63) is 59.7 Å². The zero-order chi connectivity index (χ0) is 15.2. The molecule has 1 N–H and O–H groups in total. The third-order valence-corrected chi connectivity index (χ3v) is 3.50. The molecule has 0 amide bonds. The SMILES string of the molecule is CCN(CC)c1ccc(CNc2cccc(F)c2F)cc1. The second-order valence-corrected chi connectivity index (χ2v) is 4.79. The van der Waals surface area contributed by atoms with Gasteiger partial charge in [0.25, 0.3) is 0 Å². The van der Waals surface area contributed by atoms with Gasteiger partial charge in [-0.05, 0) is 43.7 Å². The van der Waals surface area contributed by atoms with E-state index < -0.39 is 11.6 Å². The molecule has 0 aliphatic rings. The Bertz CT molecular complexity index is 578. The number of anilines is 2. The lowest BCUT2D eigenvalue weighted by atomic mass is 10.2. The highest BCUT2D eigenvalue weighted by atomic mass is 19.2. The fourth-order valence-electron chi connectivity index (χ4n) is 2.25. The summed E-state index contributed by atoms with van der Waals surface area (Å²) in [7, 11) is 0. The van der Waals surface area contributed by atoms with Gasteiger partial charge >= 0.3 is 0 Å². The Morgan fingerprint density at radius 3 is 2.24 bits per heavy atom. The molecule has 4 heteroatoms. The third kappa shape index (κ3) is 3.72. The first kappa shape index (κ1) is 15.3. The van der Waals surface area contributed by atoms with E-state index in [9.17, 15) is 8.78 Å². The maximum atomic E-state index is 13.5. The van der Waals surface area contributed by atoms with Crippen LogP contribution in [0.15, 0.2) is 42.5 Å². The van der Waals surface area contributed by atoms with Crippen LogP contribution in [0.5, 0.6) is 0 Å². The van der Waals surface area contributed by atoms with Gasteiger partial charge in [-0.1, -0.05) is 18.2 Å². The standard InChI is InChI=1S/C17H20F2N2/c1-3-21(4-2)14-10-8-13(9-11-14)12-20-16-7-5-6-15(18)17(16)19/h5-11,20H,3-4,12H2,1-2H3. The molecule has 2 nitrogen and oxygen atoms in total. The molecule has 2 aromatic rings. The van der Waals surface area contributed by atoms with E-state index in [-0.39, 0.29) is 5.69 Å². The van der Waals surface area contributed by atoms with Crippen LogP contribution in [0.25, 0.3) is 0 Å². The summed E-state index contributed by atoms with van der Waals surface area (Å²) in [5.41, 5.74) is 2.37. The lowest BCUT2D eigenvalue weighted by Crippen LogP contribution is -2.21. The Morgan fingerprint density at radius 1 is 0.952 bits per heavy atom. The zero-order valence-electron chi connectivity index (χ0n) is 12.4. The summed E-state index contributed by atoms with van der Waals surface area (Å²) in [5.74, 6) is -1.67. The molecule has 0 saturated heterocycles. The van der Waals surface area contributed by atoms with Gasteiger partial charge in [0, 0.05) is 25.3 Å². The van der Waals surface area contributed by atoms with E-state index in [0.717, 1.165) is 24.7 Å². The van der Waals surface area contributed by atoms with Crippen LogP contribution in [0.1, 0.15) is 19.4 Å². The predicted octanol–water partition coefficient (Wildman–Crippen LogP) is 4.42. The molecule has 0 bridgehead atoms. The summed E-state index contributed by atoms with van der Waals surface area (Å²) >= 11 is 0. The lowest BCUT2D eigenvalue weighted by molar-refractivity contribution is 0.511. The molecule has 0 aliphatic carbocycles. The molecule has 0 aromatic heterocycles. The maximum Gasteiger partial charge on any atom is 0.181 e. The number of nitrogens with one attached hydrogen (secondary N) is 1. The number of hydrogen-bond donors (Lipinski definition) is 1. The first-order valence-corrected chi connectivity index (χ1v) is 7.17. The van der Waals surface area contributed by atoms with E-state index in [1.165, 1.54) is 17.8 Å². The summed E-state index contributed by atoms with van der Waals surface area (Å²) < 4.78 is 26.6. The van der Waals surface area contributed by atoms with E-state index >= 15 is 0 Å². The van der Waals surface area contributed by atoms with Crippen molar-refractivity contribution in [2.75, 3.05) is 23.3 Å². The van der Waals surface area contributed by atoms with Crippen molar-refractivity contribution in [1.82, 2.24) is 0 Å². The van der Waals surface area contributed by atoms with Gasteiger partial charge in [-0.15, -0.1) is 0 Å². The molecule has 0 spiro atoms. The molecule has 21 heavy (non-hydrogen) atoms. The van der Waals surface area contributed by atoms with Gasteiger partial charge in [0.05, 0.1) is 5.69 Å². The Hall–Kier alpha value is -2.10. The Morgan fingerprint density at radius 2 is 1.62 bits per heavy atom. The highest BCUT2D eigenvalue weighted by Gasteiger charge is 2.07. The van der Waals surface area contributed by atoms with Gasteiger partial charge in [0.1, 0.15) is 0 Å². The van der Waals surface area contributed by atoms with Crippen LogP contribution in [0.3, 0.4) is 0 Å². The monoisotopic (exact) mass is 290 g/mol. The second-order valence-electron chi connectivity index (χ2n) is 4.79. The Labute approximate surface area is 124 Å². The Balaban J connectivity index is 2.02. The normalized spacial score (nSPS) is 10.5.